The van der Waals surface area contributed by atoms with E-state index in [0.717, 1.165) is 10.6 Å². The highest BCUT2D eigenvalue weighted by molar-refractivity contribution is 7.98. The van der Waals surface area contributed by atoms with Crippen molar-refractivity contribution < 1.29 is 18.0 Å². The normalized spacial score (nSPS) is 21.5. The van der Waals surface area contributed by atoms with Crippen LogP contribution in [0, 0.1) is 0 Å². The van der Waals surface area contributed by atoms with E-state index in [1.165, 1.54) is 11.8 Å². The van der Waals surface area contributed by atoms with Gasteiger partial charge in [-0.1, -0.05) is 12.1 Å². The molecule has 0 saturated carbocycles. The first kappa shape index (κ1) is 21.0. The lowest BCUT2D eigenvalue weighted by Gasteiger charge is -2.19. The van der Waals surface area contributed by atoms with Crippen LogP contribution in [0.2, 0.25) is 0 Å². The third-order valence-corrected chi connectivity index (χ3v) is 7.01. The highest BCUT2D eigenvalue weighted by Gasteiger charge is 2.37. The number of thioether (sulfide) groups is 1. The van der Waals surface area contributed by atoms with Crippen LogP contribution in [0.4, 0.5) is 5.69 Å². The average Bonchev–Trinajstić information content (AvgIpc) is 2.79. The van der Waals surface area contributed by atoms with E-state index in [2.05, 4.69) is 10.6 Å². The van der Waals surface area contributed by atoms with Gasteiger partial charge in [-0.25, -0.2) is 8.42 Å². The number of likely N-dealkylation sites (N-methyl/N-ethyl adjacent to an activating group) is 1. The van der Waals surface area contributed by atoms with E-state index in [9.17, 15) is 18.0 Å². The first-order chi connectivity index (χ1) is 12.2. The van der Waals surface area contributed by atoms with Crippen LogP contribution < -0.4 is 10.6 Å². The maximum absolute atomic E-state index is 12.2. The van der Waals surface area contributed by atoms with Gasteiger partial charge in [-0.2, -0.15) is 0 Å². The summed E-state index contributed by atoms with van der Waals surface area (Å²) in [5.41, 5.74) is 0.726. The molecule has 0 aliphatic carbocycles. The lowest BCUT2D eigenvalue weighted by molar-refractivity contribution is -0.123. The number of amides is 2. The van der Waals surface area contributed by atoms with Crippen LogP contribution in [-0.2, 0) is 19.4 Å². The highest BCUT2D eigenvalue weighted by atomic mass is 35.5. The largest absolute Gasteiger partial charge is 0.350 e. The number of nitrogens with zero attached hydrogens (tertiary/aromatic N) is 1. The Morgan fingerprint density at radius 1 is 1.23 bits per heavy atom. The lowest BCUT2D eigenvalue weighted by atomic mass is 10.2. The summed E-state index contributed by atoms with van der Waals surface area (Å²) in [5.74, 6) is -0.882. The molecule has 0 bridgehead atoms. The second-order valence-electron chi connectivity index (χ2n) is 6.19. The molecular weight excluding hydrogens is 398 g/mol. The van der Waals surface area contributed by atoms with Gasteiger partial charge < -0.3 is 10.6 Å². The van der Waals surface area contributed by atoms with Gasteiger partial charge in [-0.05, 0) is 25.4 Å². The highest BCUT2D eigenvalue weighted by Crippen LogP contribution is 2.24. The molecule has 2 amide bonds. The molecular formula is C16H22ClN3O4S2. The van der Waals surface area contributed by atoms with Gasteiger partial charge in [0.15, 0.2) is 9.84 Å². The van der Waals surface area contributed by atoms with Crippen LogP contribution in [0.5, 0.6) is 0 Å². The van der Waals surface area contributed by atoms with Crippen molar-refractivity contribution in [1.29, 1.82) is 0 Å². The monoisotopic (exact) mass is 419 g/mol. The van der Waals surface area contributed by atoms with Gasteiger partial charge >= 0.3 is 0 Å². The second-order valence-corrected chi connectivity index (χ2v) is 9.75. The van der Waals surface area contributed by atoms with E-state index >= 15 is 0 Å². The smallest absolute Gasteiger partial charge is 0.238 e. The van der Waals surface area contributed by atoms with Crippen molar-refractivity contribution >= 4 is 50.7 Å². The minimum atomic E-state index is -3.21. The molecule has 0 aromatic heterocycles. The summed E-state index contributed by atoms with van der Waals surface area (Å²) in [6.07, 6.45) is 1.93. The molecule has 2 rings (SSSR count). The van der Waals surface area contributed by atoms with Gasteiger partial charge in [0.1, 0.15) is 0 Å². The van der Waals surface area contributed by atoms with E-state index < -0.39 is 21.3 Å². The molecule has 10 heteroatoms. The number of nitrogens with one attached hydrogen (secondary N) is 2. The topological polar surface area (TPSA) is 95.6 Å². The summed E-state index contributed by atoms with van der Waals surface area (Å²) >= 11 is 7.50. The summed E-state index contributed by atoms with van der Waals surface area (Å²) in [7, 11) is -1.56. The zero-order valence-electron chi connectivity index (χ0n) is 14.6. The van der Waals surface area contributed by atoms with Gasteiger partial charge in [0, 0.05) is 4.90 Å². The van der Waals surface area contributed by atoms with Crippen LogP contribution in [0.25, 0.3) is 0 Å². The number of alkyl halides is 1. The van der Waals surface area contributed by atoms with Crippen LogP contribution in [0.1, 0.15) is 0 Å². The lowest BCUT2D eigenvalue weighted by Crippen LogP contribution is -2.46. The number of anilines is 1. The number of carbonyl (C=O) groups excluding carboxylic acids is 2. The molecule has 1 fully saturated rings. The Kier molecular flexibility index (Phi) is 7.33. The van der Waals surface area contributed by atoms with Crippen LogP contribution in [-0.4, -0.2) is 74.4 Å². The van der Waals surface area contributed by atoms with E-state index in [0.29, 0.717) is 0 Å². The summed E-state index contributed by atoms with van der Waals surface area (Å²) in [6, 6.07) is 6.87. The average molecular weight is 420 g/mol. The third-order valence-electron chi connectivity index (χ3n) is 3.84. The van der Waals surface area contributed by atoms with E-state index in [1.54, 1.807) is 11.9 Å². The summed E-state index contributed by atoms with van der Waals surface area (Å²) in [6.45, 7) is 0.00115. The fourth-order valence-corrected chi connectivity index (χ4v) is 5.78. The standard InChI is InChI=1S/C16H22ClN3O4S2/c1-20(7-15(21)18-12-5-3-4-6-14(12)25-2)8-16(22)19-13-10-26(23,24)9-11(13)17/h3-6,11,13H,7-10H2,1-2H3,(H,18,21)(H,19,22)/t11-,13-/m0/s1. The molecule has 1 saturated heterocycles. The molecule has 1 aliphatic heterocycles. The molecule has 144 valence electrons. The first-order valence-corrected chi connectivity index (χ1v) is 11.4. The van der Waals surface area contributed by atoms with Gasteiger partial charge in [0.2, 0.25) is 11.8 Å². The van der Waals surface area contributed by atoms with Gasteiger partial charge in [-0.15, -0.1) is 23.4 Å². The molecule has 1 heterocycles. The Labute approximate surface area is 162 Å². The Bertz CT molecular complexity index is 773. The number of halogens is 1. The van der Waals surface area contributed by atoms with Crippen molar-refractivity contribution in [3.63, 3.8) is 0 Å². The predicted octanol–water partition coefficient (Wildman–Crippen LogP) is 0.799. The molecule has 1 aliphatic rings. The maximum Gasteiger partial charge on any atom is 0.238 e. The number of sulfone groups is 1. The minimum absolute atomic E-state index is 0.0300. The van der Waals surface area contributed by atoms with Crippen LogP contribution in [0.15, 0.2) is 29.2 Å². The zero-order chi connectivity index (χ0) is 19.3. The van der Waals surface area contributed by atoms with Gasteiger partial charge in [-0.3, -0.25) is 14.5 Å². The summed E-state index contributed by atoms with van der Waals surface area (Å²) in [5, 5.41) is 4.83. The van der Waals surface area contributed by atoms with E-state index in [1.807, 2.05) is 30.5 Å². The SMILES string of the molecule is CSc1ccccc1NC(=O)CN(C)CC(=O)N[C@H]1CS(=O)(=O)C[C@@H]1Cl. The van der Waals surface area contributed by atoms with Crippen LogP contribution in [0.3, 0.4) is 0 Å². The molecule has 26 heavy (non-hydrogen) atoms. The molecule has 0 spiro atoms. The summed E-state index contributed by atoms with van der Waals surface area (Å²) < 4.78 is 23.1. The number of benzene rings is 1. The maximum atomic E-state index is 12.2. The van der Waals surface area contributed by atoms with Crippen molar-refractivity contribution in [3.05, 3.63) is 24.3 Å². The molecule has 7 nitrogen and oxygen atoms in total. The van der Waals surface area contributed by atoms with Crippen molar-refractivity contribution in [1.82, 2.24) is 10.2 Å². The molecule has 1 aromatic carbocycles. The predicted molar refractivity (Wildman–Crippen MR) is 105 cm³/mol. The minimum Gasteiger partial charge on any atom is -0.350 e. The summed E-state index contributed by atoms with van der Waals surface area (Å²) in [4.78, 5) is 26.7. The number of carbonyl (C=O) groups is 2. The number of hydrogen-bond donors (Lipinski definition) is 2. The second kappa shape index (κ2) is 9.07. The van der Waals surface area contributed by atoms with Crippen LogP contribution >= 0.6 is 23.4 Å². The fraction of sp³-hybridized carbons (Fsp3) is 0.500. The molecule has 1 aromatic rings. The molecule has 0 radical (unpaired) electrons. The van der Waals surface area contributed by atoms with Crippen molar-refractivity contribution in [2.45, 2.75) is 16.3 Å². The molecule has 2 atom stereocenters. The fourth-order valence-electron chi connectivity index (χ4n) is 2.67. The Hall–Kier alpha value is -1.29. The third kappa shape index (κ3) is 6.15. The number of hydrogen-bond acceptors (Lipinski definition) is 6. The van der Waals surface area contributed by atoms with Crippen molar-refractivity contribution in [3.8, 4) is 0 Å². The Balaban J connectivity index is 1.81. The van der Waals surface area contributed by atoms with Crippen molar-refractivity contribution in [2.75, 3.05) is 43.2 Å². The molecule has 0 unspecified atom stereocenters. The Morgan fingerprint density at radius 2 is 1.88 bits per heavy atom. The number of rotatable bonds is 7. The van der Waals surface area contributed by atoms with Crippen molar-refractivity contribution in [2.24, 2.45) is 0 Å². The number of para-hydroxylation sites is 1. The van der Waals surface area contributed by atoms with E-state index in [-0.39, 0.29) is 36.4 Å². The first-order valence-electron chi connectivity index (χ1n) is 7.95. The van der Waals surface area contributed by atoms with Gasteiger partial charge in [0.25, 0.3) is 0 Å². The quantitative estimate of drug-likeness (QED) is 0.501. The van der Waals surface area contributed by atoms with E-state index in [4.69, 9.17) is 11.6 Å². The Morgan fingerprint density at radius 3 is 2.50 bits per heavy atom. The zero-order valence-corrected chi connectivity index (χ0v) is 17.0. The van der Waals surface area contributed by atoms with Gasteiger partial charge in [0.05, 0.1) is 41.7 Å². The molecule has 2 N–H and O–H groups in total.